The maximum atomic E-state index is 13.7. The van der Waals surface area contributed by atoms with E-state index >= 15 is 0 Å². The zero-order valence-electron chi connectivity index (χ0n) is 11.6. The molecule has 104 valence electrons. The predicted octanol–water partition coefficient (Wildman–Crippen LogP) is 3.53. The van der Waals surface area contributed by atoms with Crippen molar-refractivity contribution in [2.24, 2.45) is 0 Å². The fourth-order valence-corrected chi connectivity index (χ4v) is 2.15. The van der Waals surface area contributed by atoms with E-state index in [1.165, 1.54) is 6.07 Å². The van der Waals surface area contributed by atoms with E-state index in [1.54, 1.807) is 24.1 Å². The number of carbonyl (C=O) groups is 1. The lowest BCUT2D eigenvalue weighted by Crippen LogP contribution is -2.31. The van der Waals surface area contributed by atoms with Gasteiger partial charge in [0.25, 0.3) is 5.91 Å². The first-order valence-electron chi connectivity index (χ1n) is 6.52. The molecule has 0 aliphatic rings. The number of hydrogen-bond acceptors (Lipinski definition) is 2. The van der Waals surface area contributed by atoms with E-state index < -0.39 is 5.82 Å². The molecule has 0 spiro atoms. The Morgan fingerprint density at radius 2 is 1.85 bits per heavy atom. The van der Waals surface area contributed by atoms with Crippen molar-refractivity contribution in [3.05, 3.63) is 59.9 Å². The summed E-state index contributed by atoms with van der Waals surface area (Å²) in [5.41, 5.74) is 1.36. The van der Waals surface area contributed by atoms with Crippen molar-refractivity contribution in [2.75, 3.05) is 23.8 Å². The molecule has 0 heterocycles. The van der Waals surface area contributed by atoms with Crippen LogP contribution >= 0.6 is 0 Å². The number of nitrogens with zero attached hydrogens (tertiary/aromatic N) is 1. The van der Waals surface area contributed by atoms with E-state index in [2.05, 4.69) is 5.32 Å². The molecule has 0 atom stereocenters. The molecule has 1 N–H and O–H groups in total. The van der Waals surface area contributed by atoms with Gasteiger partial charge < -0.3 is 10.2 Å². The molecule has 3 nitrogen and oxygen atoms in total. The highest BCUT2D eigenvalue weighted by Crippen LogP contribution is 2.23. The molecule has 0 saturated heterocycles. The van der Waals surface area contributed by atoms with Crippen LogP contribution in [0.25, 0.3) is 0 Å². The van der Waals surface area contributed by atoms with Gasteiger partial charge in [0.2, 0.25) is 0 Å². The molecule has 0 fully saturated rings. The molecule has 2 aromatic rings. The van der Waals surface area contributed by atoms with Gasteiger partial charge in [0.1, 0.15) is 5.82 Å². The van der Waals surface area contributed by atoms with E-state index in [9.17, 15) is 9.18 Å². The Morgan fingerprint density at radius 3 is 2.45 bits per heavy atom. The second-order valence-corrected chi connectivity index (χ2v) is 4.30. The molecule has 4 heteroatoms. The average molecular weight is 272 g/mol. The van der Waals surface area contributed by atoms with Crippen molar-refractivity contribution in [1.29, 1.82) is 0 Å². The fraction of sp³-hybridized carbons (Fsp3) is 0.188. The molecule has 0 radical (unpaired) electrons. The summed E-state index contributed by atoms with van der Waals surface area (Å²) in [7, 11) is 1.61. The number of carbonyl (C=O) groups excluding carboxylic acids is 1. The normalized spacial score (nSPS) is 10.2. The SMILES string of the molecule is CCN(C(=O)c1cccc(F)c1NC)c1ccccc1. The van der Waals surface area contributed by atoms with Gasteiger partial charge in [-0.1, -0.05) is 24.3 Å². The third-order valence-electron chi connectivity index (χ3n) is 3.12. The van der Waals surface area contributed by atoms with Gasteiger partial charge in [0, 0.05) is 19.3 Å². The summed E-state index contributed by atoms with van der Waals surface area (Å²) < 4.78 is 13.7. The molecule has 0 unspecified atom stereocenters. The maximum Gasteiger partial charge on any atom is 0.260 e. The number of anilines is 2. The van der Waals surface area contributed by atoms with Crippen molar-refractivity contribution in [3.8, 4) is 0 Å². The minimum atomic E-state index is -0.428. The van der Waals surface area contributed by atoms with Crippen LogP contribution in [0, 0.1) is 5.82 Å². The van der Waals surface area contributed by atoms with E-state index in [4.69, 9.17) is 0 Å². The van der Waals surface area contributed by atoms with E-state index in [0.29, 0.717) is 12.1 Å². The number of amides is 1. The van der Waals surface area contributed by atoms with Crippen LogP contribution in [0.5, 0.6) is 0 Å². The molecule has 1 amide bonds. The summed E-state index contributed by atoms with van der Waals surface area (Å²) in [4.78, 5) is 14.2. The molecule has 0 aliphatic heterocycles. The topological polar surface area (TPSA) is 32.3 Å². The Balaban J connectivity index is 2.42. The van der Waals surface area contributed by atoms with Crippen molar-refractivity contribution in [3.63, 3.8) is 0 Å². The van der Waals surface area contributed by atoms with Gasteiger partial charge in [-0.25, -0.2) is 4.39 Å². The van der Waals surface area contributed by atoms with Crippen LogP contribution in [0.3, 0.4) is 0 Å². The molecule has 0 bridgehead atoms. The van der Waals surface area contributed by atoms with Crippen molar-refractivity contribution in [1.82, 2.24) is 0 Å². The van der Waals surface area contributed by atoms with Crippen LogP contribution in [-0.2, 0) is 0 Å². The standard InChI is InChI=1S/C16H17FN2O/c1-3-19(12-8-5-4-6-9-12)16(20)13-10-7-11-14(17)15(13)18-2/h4-11,18H,3H2,1-2H3. The van der Waals surface area contributed by atoms with E-state index in [1.807, 2.05) is 37.3 Å². The maximum absolute atomic E-state index is 13.7. The number of halogens is 1. The highest BCUT2D eigenvalue weighted by molar-refractivity contribution is 6.09. The number of hydrogen-bond donors (Lipinski definition) is 1. The van der Waals surface area contributed by atoms with Crippen molar-refractivity contribution < 1.29 is 9.18 Å². The van der Waals surface area contributed by atoms with Crippen molar-refractivity contribution >= 4 is 17.3 Å². The number of para-hydroxylation sites is 2. The quantitative estimate of drug-likeness (QED) is 0.923. The summed E-state index contributed by atoms with van der Waals surface area (Å²) in [6.45, 7) is 2.41. The summed E-state index contributed by atoms with van der Waals surface area (Å²) in [5, 5.41) is 2.75. The largest absolute Gasteiger partial charge is 0.385 e. The first-order valence-corrected chi connectivity index (χ1v) is 6.52. The summed E-state index contributed by atoms with van der Waals surface area (Å²) in [5.74, 6) is -0.648. The molecule has 2 rings (SSSR count). The lowest BCUT2D eigenvalue weighted by atomic mass is 10.1. The Hall–Kier alpha value is -2.36. The number of rotatable bonds is 4. The van der Waals surface area contributed by atoms with Gasteiger partial charge in [0.15, 0.2) is 0 Å². The van der Waals surface area contributed by atoms with E-state index in [-0.39, 0.29) is 11.6 Å². The second kappa shape index (κ2) is 6.19. The second-order valence-electron chi connectivity index (χ2n) is 4.30. The summed E-state index contributed by atoms with van der Waals surface area (Å²) >= 11 is 0. The first kappa shape index (κ1) is 14.1. The van der Waals surface area contributed by atoms with Gasteiger partial charge in [0.05, 0.1) is 11.3 Å². The van der Waals surface area contributed by atoms with Crippen LogP contribution in [0.4, 0.5) is 15.8 Å². The smallest absolute Gasteiger partial charge is 0.260 e. The molecule has 20 heavy (non-hydrogen) atoms. The highest BCUT2D eigenvalue weighted by atomic mass is 19.1. The van der Waals surface area contributed by atoms with Crippen molar-refractivity contribution in [2.45, 2.75) is 6.92 Å². The van der Waals surface area contributed by atoms with Crippen LogP contribution < -0.4 is 10.2 Å². The molecule has 2 aromatic carbocycles. The summed E-state index contributed by atoms with van der Waals surface area (Å²) in [6, 6.07) is 13.9. The monoisotopic (exact) mass is 272 g/mol. The third-order valence-corrected chi connectivity index (χ3v) is 3.12. The summed E-state index contributed by atoms with van der Waals surface area (Å²) in [6.07, 6.45) is 0. The molecular formula is C16H17FN2O. The van der Waals surface area contributed by atoms with Gasteiger partial charge in [-0.05, 0) is 31.2 Å². The third kappa shape index (κ3) is 2.64. The Labute approximate surface area is 118 Å². The number of nitrogens with one attached hydrogen (secondary N) is 1. The highest BCUT2D eigenvalue weighted by Gasteiger charge is 2.20. The Kier molecular flexibility index (Phi) is 4.35. The van der Waals surface area contributed by atoms with Gasteiger partial charge >= 0.3 is 0 Å². The lowest BCUT2D eigenvalue weighted by Gasteiger charge is -2.22. The van der Waals surface area contributed by atoms with Crippen LogP contribution in [0.1, 0.15) is 17.3 Å². The van der Waals surface area contributed by atoms with Crippen LogP contribution in [0.2, 0.25) is 0 Å². The van der Waals surface area contributed by atoms with Crippen LogP contribution in [-0.4, -0.2) is 19.5 Å². The minimum absolute atomic E-state index is 0.220. The fourth-order valence-electron chi connectivity index (χ4n) is 2.15. The Morgan fingerprint density at radius 1 is 1.15 bits per heavy atom. The minimum Gasteiger partial charge on any atom is -0.385 e. The number of benzene rings is 2. The zero-order valence-corrected chi connectivity index (χ0v) is 11.6. The predicted molar refractivity (Wildman–Crippen MR) is 79.7 cm³/mol. The zero-order chi connectivity index (χ0) is 14.5. The Bertz CT molecular complexity index is 599. The van der Waals surface area contributed by atoms with E-state index in [0.717, 1.165) is 5.69 Å². The molecule has 0 saturated carbocycles. The molecule has 0 aromatic heterocycles. The first-order chi connectivity index (χ1) is 9.69. The lowest BCUT2D eigenvalue weighted by molar-refractivity contribution is 0.0988. The molecular weight excluding hydrogens is 255 g/mol. The average Bonchev–Trinajstić information content (AvgIpc) is 2.48. The van der Waals surface area contributed by atoms with Gasteiger partial charge in [-0.3, -0.25) is 4.79 Å². The van der Waals surface area contributed by atoms with Crippen LogP contribution in [0.15, 0.2) is 48.5 Å². The van der Waals surface area contributed by atoms with Gasteiger partial charge in [-0.2, -0.15) is 0 Å². The molecule has 0 aliphatic carbocycles. The van der Waals surface area contributed by atoms with Gasteiger partial charge in [-0.15, -0.1) is 0 Å².